The summed E-state index contributed by atoms with van der Waals surface area (Å²) in [4.78, 5) is 38.0. The summed E-state index contributed by atoms with van der Waals surface area (Å²) in [5, 5.41) is 7.33. The van der Waals surface area contributed by atoms with Gasteiger partial charge in [0.2, 0.25) is 5.91 Å². The number of benzene rings is 1. The second-order valence-electron chi connectivity index (χ2n) is 8.61. The molecule has 0 radical (unpaired) electrons. The quantitative estimate of drug-likeness (QED) is 0.622. The summed E-state index contributed by atoms with van der Waals surface area (Å²) in [6.07, 6.45) is 0. The first-order chi connectivity index (χ1) is 16.2. The Bertz CT molecular complexity index is 1210. The van der Waals surface area contributed by atoms with E-state index < -0.39 is 0 Å². The van der Waals surface area contributed by atoms with E-state index in [4.69, 9.17) is 0 Å². The van der Waals surface area contributed by atoms with Crippen molar-refractivity contribution < 1.29 is 14.0 Å². The molecular weight excluding hydrogens is 437 g/mol. The van der Waals surface area contributed by atoms with Gasteiger partial charge in [-0.3, -0.25) is 14.5 Å². The van der Waals surface area contributed by atoms with Crippen molar-refractivity contribution >= 4 is 17.6 Å². The summed E-state index contributed by atoms with van der Waals surface area (Å²) in [7, 11) is 0. The molecule has 1 N–H and O–H groups in total. The van der Waals surface area contributed by atoms with Crippen LogP contribution >= 0.6 is 0 Å². The van der Waals surface area contributed by atoms with Gasteiger partial charge in [0.1, 0.15) is 11.6 Å². The van der Waals surface area contributed by atoms with Gasteiger partial charge in [0, 0.05) is 49.2 Å². The molecule has 1 fully saturated rings. The fourth-order valence-electron chi connectivity index (χ4n) is 3.95. The number of nitrogens with one attached hydrogen (secondary N) is 1. The van der Waals surface area contributed by atoms with Crippen LogP contribution in [0.5, 0.6) is 0 Å². The van der Waals surface area contributed by atoms with Crippen molar-refractivity contribution in [3.8, 4) is 5.95 Å². The molecule has 34 heavy (non-hydrogen) atoms. The molecule has 2 amide bonds. The normalized spacial score (nSPS) is 14.3. The molecule has 9 nitrogen and oxygen atoms in total. The number of amides is 2. The number of anilines is 1. The molecule has 0 atom stereocenters. The van der Waals surface area contributed by atoms with Crippen molar-refractivity contribution in [1.29, 1.82) is 0 Å². The SMILES string of the molecule is Cc1cc(C)nc(-n2nc(C)cc2NC(=O)CN2CCN(C(=O)c3ccc(C)c(F)c3)CC2)n1. The van der Waals surface area contributed by atoms with Crippen molar-refractivity contribution in [2.24, 2.45) is 0 Å². The topological polar surface area (TPSA) is 96.3 Å². The molecular formula is C24H28FN7O2. The molecule has 0 spiro atoms. The Morgan fingerprint density at radius 1 is 0.941 bits per heavy atom. The van der Waals surface area contributed by atoms with Gasteiger partial charge in [0.05, 0.1) is 12.2 Å². The molecule has 10 heteroatoms. The summed E-state index contributed by atoms with van der Waals surface area (Å²) in [5.41, 5.74) is 3.21. The maximum Gasteiger partial charge on any atom is 0.254 e. The molecule has 1 aliphatic rings. The van der Waals surface area contributed by atoms with E-state index in [0.717, 1.165) is 17.1 Å². The van der Waals surface area contributed by atoms with Crippen LogP contribution in [0.25, 0.3) is 5.95 Å². The third-order valence-corrected chi connectivity index (χ3v) is 5.70. The lowest BCUT2D eigenvalue weighted by Gasteiger charge is -2.34. The molecule has 0 aliphatic carbocycles. The number of carbonyl (C=O) groups excluding carboxylic acids is 2. The fraction of sp³-hybridized carbons (Fsp3) is 0.375. The highest BCUT2D eigenvalue weighted by molar-refractivity contribution is 5.94. The largest absolute Gasteiger partial charge is 0.336 e. The highest BCUT2D eigenvalue weighted by atomic mass is 19.1. The average molecular weight is 466 g/mol. The van der Waals surface area contributed by atoms with Gasteiger partial charge in [-0.05, 0) is 51.5 Å². The monoisotopic (exact) mass is 465 g/mol. The lowest BCUT2D eigenvalue weighted by Crippen LogP contribution is -2.50. The zero-order valence-corrected chi connectivity index (χ0v) is 19.8. The lowest BCUT2D eigenvalue weighted by molar-refractivity contribution is -0.117. The molecule has 0 saturated carbocycles. The highest BCUT2D eigenvalue weighted by Gasteiger charge is 2.24. The van der Waals surface area contributed by atoms with E-state index in [1.807, 2.05) is 31.7 Å². The summed E-state index contributed by atoms with van der Waals surface area (Å²) in [5.74, 6) is 0.131. The van der Waals surface area contributed by atoms with Crippen LogP contribution in [0.4, 0.5) is 10.2 Å². The van der Waals surface area contributed by atoms with Gasteiger partial charge < -0.3 is 10.2 Å². The van der Waals surface area contributed by atoms with Crippen molar-refractivity contribution in [1.82, 2.24) is 29.5 Å². The Labute approximate surface area is 197 Å². The Kier molecular flexibility index (Phi) is 6.69. The number of aryl methyl sites for hydroxylation is 4. The van der Waals surface area contributed by atoms with Gasteiger partial charge in [0.15, 0.2) is 0 Å². The van der Waals surface area contributed by atoms with Crippen LogP contribution in [0.1, 0.15) is 33.0 Å². The zero-order valence-electron chi connectivity index (χ0n) is 19.8. The number of rotatable bonds is 5. The number of aromatic nitrogens is 4. The Morgan fingerprint density at radius 2 is 1.62 bits per heavy atom. The van der Waals surface area contributed by atoms with E-state index in [1.165, 1.54) is 10.7 Å². The van der Waals surface area contributed by atoms with Crippen LogP contribution in [-0.4, -0.2) is 74.1 Å². The number of piperazine rings is 1. The summed E-state index contributed by atoms with van der Waals surface area (Å²) in [6.45, 7) is 9.47. The van der Waals surface area contributed by atoms with E-state index >= 15 is 0 Å². The average Bonchev–Trinajstić information content (AvgIpc) is 3.15. The minimum Gasteiger partial charge on any atom is -0.336 e. The maximum atomic E-state index is 13.8. The first-order valence-electron chi connectivity index (χ1n) is 11.2. The first-order valence-corrected chi connectivity index (χ1v) is 11.2. The summed E-state index contributed by atoms with van der Waals surface area (Å²) < 4.78 is 15.4. The highest BCUT2D eigenvalue weighted by Crippen LogP contribution is 2.16. The van der Waals surface area contributed by atoms with E-state index in [0.29, 0.717) is 49.1 Å². The standard InChI is InChI=1S/C24H28FN7O2/c1-15-5-6-19(13-20(15)25)23(34)31-9-7-30(8-10-31)14-22(33)28-21-12-18(4)29-32(21)24-26-16(2)11-17(3)27-24/h5-6,11-13H,7-10,14H2,1-4H3,(H,28,33). The number of hydrogen-bond acceptors (Lipinski definition) is 6. The number of hydrogen-bond donors (Lipinski definition) is 1. The molecule has 2 aromatic heterocycles. The van der Waals surface area contributed by atoms with Crippen molar-refractivity contribution in [3.63, 3.8) is 0 Å². The van der Waals surface area contributed by atoms with Crippen LogP contribution in [0.15, 0.2) is 30.3 Å². The molecule has 178 valence electrons. The minimum absolute atomic E-state index is 0.180. The van der Waals surface area contributed by atoms with Crippen LogP contribution in [-0.2, 0) is 4.79 Å². The van der Waals surface area contributed by atoms with Crippen molar-refractivity contribution in [2.45, 2.75) is 27.7 Å². The molecule has 0 unspecified atom stereocenters. The van der Waals surface area contributed by atoms with Crippen LogP contribution in [0, 0.1) is 33.5 Å². The van der Waals surface area contributed by atoms with Crippen molar-refractivity contribution in [2.75, 3.05) is 38.0 Å². The number of nitrogens with zero attached hydrogens (tertiary/aromatic N) is 6. The van der Waals surface area contributed by atoms with Gasteiger partial charge in [0.25, 0.3) is 11.9 Å². The van der Waals surface area contributed by atoms with Crippen LogP contribution < -0.4 is 5.32 Å². The Balaban J connectivity index is 1.35. The molecule has 1 aliphatic heterocycles. The van der Waals surface area contributed by atoms with E-state index in [2.05, 4.69) is 20.4 Å². The first kappa shape index (κ1) is 23.5. The summed E-state index contributed by atoms with van der Waals surface area (Å²) in [6, 6.07) is 8.18. The number of halogens is 1. The van der Waals surface area contributed by atoms with Gasteiger partial charge in [-0.25, -0.2) is 14.4 Å². The van der Waals surface area contributed by atoms with Crippen LogP contribution in [0.3, 0.4) is 0 Å². The van der Waals surface area contributed by atoms with Gasteiger partial charge in [-0.1, -0.05) is 6.07 Å². The Morgan fingerprint density at radius 3 is 2.26 bits per heavy atom. The predicted octanol–water partition coefficient (Wildman–Crippen LogP) is 2.43. The smallest absolute Gasteiger partial charge is 0.254 e. The van der Waals surface area contributed by atoms with E-state index in [-0.39, 0.29) is 24.2 Å². The lowest BCUT2D eigenvalue weighted by atomic mass is 10.1. The van der Waals surface area contributed by atoms with Gasteiger partial charge in [-0.15, -0.1) is 0 Å². The molecule has 4 rings (SSSR count). The molecule has 1 aromatic carbocycles. The zero-order chi connectivity index (χ0) is 24.4. The fourth-order valence-corrected chi connectivity index (χ4v) is 3.95. The van der Waals surface area contributed by atoms with Gasteiger partial charge >= 0.3 is 0 Å². The second-order valence-corrected chi connectivity index (χ2v) is 8.61. The second kappa shape index (κ2) is 9.68. The summed E-state index contributed by atoms with van der Waals surface area (Å²) >= 11 is 0. The van der Waals surface area contributed by atoms with Crippen LogP contribution in [0.2, 0.25) is 0 Å². The number of carbonyl (C=O) groups is 2. The van der Waals surface area contributed by atoms with Gasteiger partial charge in [-0.2, -0.15) is 9.78 Å². The third-order valence-electron chi connectivity index (χ3n) is 5.70. The molecule has 3 aromatic rings. The molecule has 1 saturated heterocycles. The minimum atomic E-state index is -0.387. The maximum absolute atomic E-state index is 13.8. The van der Waals surface area contributed by atoms with E-state index in [1.54, 1.807) is 30.0 Å². The van der Waals surface area contributed by atoms with Crippen molar-refractivity contribution in [3.05, 3.63) is 64.4 Å². The van der Waals surface area contributed by atoms with E-state index in [9.17, 15) is 14.0 Å². The third kappa shape index (κ3) is 5.28. The molecule has 0 bridgehead atoms. The predicted molar refractivity (Wildman–Crippen MR) is 125 cm³/mol. The Hall–Kier alpha value is -3.66. The molecule has 3 heterocycles.